The Labute approximate surface area is 533 Å². The van der Waals surface area contributed by atoms with Crippen LogP contribution in [0.1, 0.15) is 17.5 Å². The van der Waals surface area contributed by atoms with E-state index in [1.54, 1.807) is 12.1 Å². The molecule has 0 saturated heterocycles. The van der Waals surface area contributed by atoms with Crippen LogP contribution in [0, 0.1) is 6.07 Å². The average molecular weight is 1040 g/mol. The largest absolute Gasteiger partial charge is 1.00 e. The zero-order valence-electron chi connectivity index (χ0n) is 34.5. The molecular weight excluding hydrogens is 1000 g/mol. The van der Waals surface area contributed by atoms with Gasteiger partial charge < -0.3 is 66.0 Å². The van der Waals surface area contributed by atoms with Gasteiger partial charge in [-0.15, -0.1) is 30.3 Å². The Balaban J connectivity index is 0.00000961. The summed E-state index contributed by atoms with van der Waals surface area (Å²) in [6.07, 6.45) is 0.798. The second kappa shape index (κ2) is 31.4. The van der Waals surface area contributed by atoms with E-state index in [4.69, 9.17) is 10.2 Å². The predicted octanol–water partition coefficient (Wildman–Crippen LogP) is -13.7. The predicted molar refractivity (Wildman–Crippen MR) is 209 cm³/mol. The number of rotatable bonds is 24. The van der Waals surface area contributed by atoms with Gasteiger partial charge >= 0.3 is 206 Å². The van der Waals surface area contributed by atoms with Crippen molar-refractivity contribution in [3.8, 4) is 0 Å². The maximum absolute atomic E-state index is 12.3. The molecule has 63 heavy (non-hydrogen) atoms. The molecule has 2 atom stereocenters. The number of hydrogen-bond donors (Lipinski definition) is 10. The van der Waals surface area contributed by atoms with E-state index in [0.29, 0.717) is 11.3 Å². The van der Waals surface area contributed by atoms with Crippen LogP contribution in [0.5, 0.6) is 0 Å². The molecule has 0 bridgehead atoms. The second-order valence-electron chi connectivity index (χ2n) is 12.1. The molecule has 25 nitrogen and oxygen atoms in total. The molecule has 2 heterocycles. The number of nitrogens with one attached hydrogen (secondary N) is 6. The topological polar surface area (TPSA) is 402 Å². The summed E-state index contributed by atoms with van der Waals surface area (Å²) in [7, 11) is -14.2. The quantitative estimate of drug-likeness (QED) is 0.0135. The summed E-state index contributed by atoms with van der Waals surface area (Å²) in [5.41, 5.74) is 0.888. The third-order valence-electron chi connectivity index (χ3n) is 7.29. The van der Waals surface area contributed by atoms with Crippen molar-refractivity contribution in [2.45, 2.75) is 23.5 Å². The number of hydrogen-bond acceptors (Lipinski definition) is 25. The van der Waals surface area contributed by atoms with Crippen molar-refractivity contribution in [2.75, 3.05) is 82.8 Å². The number of aromatic nitrogens is 6. The minimum absolute atomic E-state index is 0. The van der Waals surface area contributed by atoms with Gasteiger partial charge in [0.15, 0.2) is 0 Å². The monoisotopic (exact) mass is 1040 g/mol. The zero-order chi connectivity index (χ0) is 43.2. The van der Waals surface area contributed by atoms with Crippen LogP contribution in [0.15, 0.2) is 41.3 Å². The van der Waals surface area contributed by atoms with Gasteiger partial charge in [0.1, 0.15) is 10.1 Å². The molecule has 0 radical (unpaired) electrons. The molecule has 2 unspecified atom stereocenters. The van der Waals surface area contributed by atoms with Gasteiger partial charge in [0.05, 0.1) is 62.1 Å². The number of aliphatic hydroxyl groups is 4. The van der Waals surface area contributed by atoms with E-state index < -0.39 is 72.2 Å². The summed E-state index contributed by atoms with van der Waals surface area (Å²) in [4.78, 5) is 24.0. The Kier molecular flexibility index (Phi) is 31.9. The molecule has 0 amide bonds. The summed E-state index contributed by atoms with van der Waals surface area (Å²) in [6, 6.07) is 11.4. The Morgan fingerprint density at radius 3 is 1.52 bits per heavy atom. The third-order valence-corrected chi connectivity index (χ3v) is 9.59. The number of nitrogens with zero attached hydrogens (tertiary/aromatic N) is 6. The smallest absolute Gasteiger partial charge is 0.748 e. The first-order valence-corrected chi connectivity index (χ1v) is 21.6. The van der Waals surface area contributed by atoms with Crippen LogP contribution < -0.4 is 237 Å². The minimum Gasteiger partial charge on any atom is -0.748 e. The maximum atomic E-state index is 12.3. The van der Waals surface area contributed by atoms with Gasteiger partial charge in [0.2, 0.25) is 35.7 Å². The van der Waals surface area contributed by atoms with Crippen LogP contribution in [0.4, 0.5) is 47.1 Å². The van der Waals surface area contributed by atoms with Crippen LogP contribution in [0.25, 0.3) is 12.2 Å². The van der Waals surface area contributed by atoms with Gasteiger partial charge in [0, 0.05) is 31.9 Å². The van der Waals surface area contributed by atoms with Crippen molar-refractivity contribution in [1.82, 2.24) is 29.9 Å². The summed E-state index contributed by atoms with van der Waals surface area (Å²) < 4.78 is 103. The van der Waals surface area contributed by atoms with E-state index >= 15 is 0 Å². The standard InChI is InChI=1S/C31H41N12O13S3.4K/c44-17-23(46)9-10-32-26-38-27(33-11-13-57(48,49)50)41-30(40-26)36-21-6-2-19(3-7-21)1-4-20-5-8-22(15-25(20)59(54,55)56)37-31-42-28(34-12-14-58(51,52)53)39-29(43-31)35-16-24(47)18-45;;;;/h1-2,4-8,15,23-24,44-47H,9-14,16-18H2,(H,48,49,50)(H,51,52,53)(H,54,55,56)(H3,32,33,36,38,40,41)(H3,34,35,37,39,42,43);;;;/q-1;4*+1/p-3. The molecule has 0 aliphatic carbocycles. The minimum atomic E-state index is -5.06. The number of aliphatic hydroxyl groups excluding tert-OH is 4. The molecular formula is C31H38K4N12O13S3. The second-order valence-corrected chi connectivity index (χ2v) is 16.5. The first-order valence-electron chi connectivity index (χ1n) is 17.0. The fourth-order valence-corrected chi connectivity index (χ4v) is 5.89. The molecule has 0 spiro atoms. The molecule has 32 heteroatoms. The van der Waals surface area contributed by atoms with Crippen LogP contribution >= 0.6 is 0 Å². The Hall–Kier alpha value is 1.12. The summed E-state index contributed by atoms with van der Waals surface area (Å²) in [6.45, 7) is -1.76. The summed E-state index contributed by atoms with van der Waals surface area (Å²) in [5, 5.41) is 53.7. The molecule has 322 valence electrons. The molecule has 0 fully saturated rings. The van der Waals surface area contributed by atoms with E-state index in [1.165, 1.54) is 30.4 Å². The van der Waals surface area contributed by atoms with E-state index in [-0.39, 0.29) is 285 Å². The molecule has 10 N–H and O–H groups in total. The molecule has 2 aromatic carbocycles. The molecule has 4 rings (SSSR count). The van der Waals surface area contributed by atoms with Gasteiger partial charge in [0.25, 0.3) is 0 Å². The average Bonchev–Trinajstić information content (AvgIpc) is 3.15. The van der Waals surface area contributed by atoms with E-state index in [9.17, 15) is 49.1 Å². The summed E-state index contributed by atoms with van der Waals surface area (Å²) in [5.74, 6) is -2.20. The van der Waals surface area contributed by atoms with Crippen LogP contribution in [0.3, 0.4) is 0 Å². The molecule has 4 aromatic rings. The summed E-state index contributed by atoms with van der Waals surface area (Å²) >= 11 is 0. The van der Waals surface area contributed by atoms with Crippen molar-refractivity contribution >= 4 is 89.6 Å². The number of benzene rings is 2. The van der Waals surface area contributed by atoms with Gasteiger partial charge in [-0.2, -0.15) is 35.5 Å². The van der Waals surface area contributed by atoms with Crippen LogP contribution in [-0.2, 0) is 30.4 Å². The fourth-order valence-electron chi connectivity index (χ4n) is 4.49. The Morgan fingerprint density at radius 2 is 1.06 bits per heavy atom. The first kappa shape index (κ1) is 64.1. The molecule has 0 aliphatic rings. The van der Waals surface area contributed by atoms with Crippen molar-refractivity contribution in [3.05, 3.63) is 53.6 Å². The Bertz CT molecular complexity index is 2420. The molecule has 2 aromatic heterocycles. The SMILES string of the molecule is O=S(=O)([O-])CCNc1nc(NCCC(O)CO)nc(Nc2c[c-]c(C=Cc3ccc(Nc4nc(NCCS(=O)(=O)[O-])nc(NCC(O)CO)n4)cc3S(=O)(=O)[O-])cc2)n1.[K+].[K+].[K+].[K+]. The molecule has 0 aliphatic heterocycles. The Morgan fingerprint density at radius 1 is 0.603 bits per heavy atom. The van der Waals surface area contributed by atoms with Crippen molar-refractivity contribution in [1.29, 1.82) is 0 Å². The van der Waals surface area contributed by atoms with Gasteiger partial charge in [-0.25, -0.2) is 25.3 Å². The maximum Gasteiger partial charge on any atom is 1.00 e. The number of anilines is 8. The van der Waals surface area contributed by atoms with E-state index in [1.807, 2.05) is 0 Å². The van der Waals surface area contributed by atoms with Crippen molar-refractivity contribution in [3.63, 3.8) is 0 Å². The first-order chi connectivity index (χ1) is 27.8. The van der Waals surface area contributed by atoms with Crippen LogP contribution in [-0.4, -0.2) is 152 Å². The van der Waals surface area contributed by atoms with Crippen molar-refractivity contribution < 1.29 is 265 Å². The van der Waals surface area contributed by atoms with E-state index in [0.717, 1.165) is 6.07 Å². The third kappa shape index (κ3) is 25.5. The van der Waals surface area contributed by atoms with E-state index in [2.05, 4.69) is 67.9 Å². The van der Waals surface area contributed by atoms with Gasteiger partial charge in [-0.05, 0) is 29.8 Å². The van der Waals surface area contributed by atoms with Gasteiger partial charge in [-0.1, -0.05) is 12.1 Å². The molecule has 0 saturated carbocycles. The normalized spacial score (nSPS) is 12.3. The van der Waals surface area contributed by atoms with Gasteiger partial charge in [-0.3, -0.25) is 0 Å². The zero-order valence-corrected chi connectivity index (χ0v) is 49.5. The fraction of sp³-hybridized carbons (Fsp3) is 0.355. The van der Waals surface area contributed by atoms with Crippen LogP contribution in [0.2, 0.25) is 0 Å². The van der Waals surface area contributed by atoms with Crippen molar-refractivity contribution in [2.24, 2.45) is 0 Å².